The molecule has 0 radical (unpaired) electrons. The lowest BCUT2D eigenvalue weighted by molar-refractivity contribution is 0.130. The number of para-hydroxylation sites is 1. The van der Waals surface area contributed by atoms with Crippen LogP contribution in [0.4, 0.5) is 10.5 Å². The molecule has 0 aliphatic heterocycles. The molecular weight excluding hydrogens is 194 g/mol. The molecule has 0 aliphatic carbocycles. The molecule has 4 nitrogen and oxygen atoms in total. The van der Waals surface area contributed by atoms with Crippen molar-refractivity contribution in [3.8, 4) is 0 Å². The first-order valence-electron chi connectivity index (χ1n) is 4.80. The Bertz CT molecular complexity index is 336. The van der Waals surface area contributed by atoms with Crippen LogP contribution in [0.5, 0.6) is 0 Å². The number of carbonyl (C=O) groups excluding carboxylic acids is 1. The van der Waals surface area contributed by atoms with Crippen LogP contribution < -0.4 is 5.32 Å². The topological polar surface area (TPSA) is 58.6 Å². The summed E-state index contributed by atoms with van der Waals surface area (Å²) in [7, 11) is 0. The van der Waals surface area contributed by atoms with Gasteiger partial charge in [0.25, 0.3) is 0 Å². The van der Waals surface area contributed by atoms with Gasteiger partial charge in [-0.1, -0.05) is 18.2 Å². The molecule has 0 aliphatic rings. The van der Waals surface area contributed by atoms with E-state index in [1.165, 1.54) is 0 Å². The number of amides is 1. The van der Waals surface area contributed by atoms with E-state index in [2.05, 4.69) is 5.32 Å². The highest BCUT2D eigenvalue weighted by Crippen LogP contribution is 2.14. The third-order valence-corrected chi connectivity index (χ3v) is 1.77. The number of aliphatic hydroxyl groups excluding tert-OH is 1. The lowest BCUT2D eigenvalue weighted by Gasteiger charge is -2.11. The van der Waals surface area contributed by atoms with E-state index < -0.39 is 6.09 Å². The fourth-order valence-corrected chi connectivity index (χ4v) is 1.13. The molecule has 0 saturated carbocycles. The quantitative estimate of drug-likeness (QED) is 0.801. The average Bonchev–Trinajstić information content (AvgIpc) is 2.17. The number of benzene rings is 1. The lowest BCUT2D eigenvalue weighted by atomic mass is 10.2. The minimum absolute atomic E-state index is 0.113. The van der Waals surface area contributed by atoms with Gasteiger partial charge in [-0.3, -0.25) is 5.32 Å². The summed E-state index contributed by atoms with van der Waals surface area (Å²) in [6.07, 6.45) is -0.669. The van der Waals surface area contributed by atoms with Gasteiger partial charge in [0.05, 0.1) is 12.7 Å². The lowest BCUT2D eigenvalue weighted by Crippen LogP contribution is -2.18. The molecule has 0 saturated heterocycles. The maximum atomic E-state index is 11.3. The van der Waals surface area contributed by atoms with Crippen LogP contribution in [0.15, 0.2) is 24.3 Å². The molecule has 0 fully saturated rings. The largest absolute Gasteiger partial charge is 0.447 e. The van der Waals surface area contributed by atoms with Gasteiger partial charge >= 0.3 is 6.09 Å². The summed E-state index contributed by atoms with van der Waals surface area (Å²) >= 11 is 0. The van der Waals surface area contributed by atoms with Crippen molar-refractivity contribution in [1.29, 1.82) is 0 Å². The molecule has 0 heterocycles. The highest BCUT2D eigenvalue weighted by Gasteiger charge is 2.07. The number of hydrogen-bond acceptors (Lipinski definition) is 3. The standard InChI is InChI=1S/C11H15NO3/c1-8(2)15-11(14)12-10-6-4-3-5-9(10)7-13/h3-6,8,13H,7H2,1-2H3,(H,12,14). The van der Waals surface area contributed by atoms with E-state index in [-0.39, 0.29) is 12.7 Å². The van der Waals surface area contributed by atoms with E-state index in [0.29, 0.717) is 11.3 Å². The van der Waals surface area contributed by atoms with Crippen molar-refractivity contribution in [1.82, 2.24) is 0 Å². The normalized spacial score (nSPS) is 10.1. The van der Waals surface area contributed by atoms with E-state index in [1.807, 2.05) is 0 Å². The molecule has 0 aromatic heterocycles. The molecule has 1 amide bonds. The first-order chi connectivity index (χ1) is 7.13. The predicted molar refractivity (Wildman–Crippen MR) is 57.6 cm³/mol. The van der Waals surface area contributed by atoms with E-state index in [9.17, 15) is 4.79 Å². The van der Waals surface area contributed by atoms with Crippen LogP contribution >= 0.6 is 0 Å². The third kappa shape index (κ3) is 3.59. The number of rotatable bonds is 3. The third-order valence-electron chi connectivity index (χ3n) is 1.77. The number of aliphatic hydroxyl groups is 1. The van der Waals surface area contributed by atoms with Crippen molar-refractivity contribution in [3.63, 3.8) is 0 Å². The Labute approximate surface area is 88.9 Å². The van der Waals surface area contributed by atoms with Crippen molar-refractivity contribution in [2.75, 3.05) is 5.32 Å². The van der Waals surface area contributed by atoms with Crippen molar-refractivity contribution in [2.45, 2.75) is 26.6 Å². The summed E-state index contributed by atoms with van der Waals surface area (Å²) in [6, 6.07) is 7.03. The van der Waals surface area contributed by atoms with Crippen LogP contribution in [0.2, 0.25) is 0 Å². The number of ether oxygens (including phenoxy) is 1. The Morgan fingerprint density at radius 2 is 2.13 bits per heavy atom. The van der Waals surface area contributed by atoms with E-state index >= 15 is 0 Å². The van der Waals surface area contributed by atoms with Crippen molar-refractivity contribution in [3.05, 3.63) is 29.8 Å². The maximum Gasteiger partial charge on any atom is 0.411 e. The summed E-state index contributed by atoms with van der Waals surface area (Å²) in [5.41, 5.74) is 1.24. The summed E-state index contributed by atoms with van der Waals surface area (Å²) in [5, 5.41) is 11.6. The second-order valence-corrected chi connectivity index (χ2v) is 3.39. The van der Waals surface area contributed by atoms with Crippen LogP contribution in [0.1, 0.15) is 19.4 Å². The van der Waals surface area contributed by atoms with E-state index in [4.69, 9.17) is 9.84 Å². The Hall–Kier alpha value is -1.55. The Morgan fingerprint density at radius 1 is 1.47 bits per heavy atom. The van der Waals surface area contributed by atoms with Crippen LogP contribution in [0.3, 0.4) is 0 Å². The number of hydrogen-bond donors (Lipinski definition) is 2. The average molecular weight is 209 g/mol. The van der Waals surface area contributed by atoms with Crippen LogP contribution in [0.25, 0.3) is 0 Å². The van der Waals surface area contributed by atoms with Gasteiger partial charge < -0.3 is 9.84 Å². The Morgan fingerprint density at radius 3 is 2.73 bits per heavy atom. The second kappa shape index (κ2) is 5.36. The Kier molecular flexibility index (Phi) is 4.12. The zero-order valence-electron chi connectivity index (χ0n) is 8.86. The van der Waals surface area contributed by atoms with Crippen LogP contribution in [-0.4, -0.2) is 17.3 Å². The molecule has 1 aromatic carbocycles. The van der Waals surface area contributed by atoms with Gasteiger partial charge in [0.1, 0.15) is 0 Å². The van der Waals surface area contributed by atoms with E-state index in [0.717, 1.165) is 0 Å². The fraction of sp³-hybridized carbons (Fsp3) is 0.364. The van der Waals surface area contributed by atoms with Crippen molar-refractivity contribution in [2.24, 2.45) is 0 Å². The van der Waals surface area contributed by atoms with Gasteiger partial charge in [-0.15, -0.1) is 0 Å². The SMILES string of the molecule is CC(C)OC(=O)Nc1ccccc1CO. The molecule has 0 unspecified atom stereocenters. The highest BCUT2D eigenvalue weighted by molar-refractivity contribution is 5.85. The minimum Gasteiger partial charge on any atom is -0.447 e. The number of anilines is 1. The first kappa shape index (κ1) is 11.5. The van der Waals surface area contributed by atoms with Crippen LogP contribution in [0, 0.1) is 0 Å². The molecule has 0 bridgehead atoms. The van der Waals surface area contributed by atoms with Gasteiger partial charge in [0.2, 0.25) is 0 Å². The molecule has 0 atom stereocenters. The molecule has 15 heavy (non-hydrogen) atoms. The summed E-state index contributed by atoms with van der Waals surface area (Å²) in [5.74, 6) is 0. The monoisotopic (exact) mass is 209 g/mol. The smallest absolute Gasteiger partial charge is 0.411 e. The molecular formula is C11H15NO3. The summed E-state index contributed by atoms with van der Waals surface area (Å²) < 4.78 is 4.92. The van der Waals surface area contributed by atoms with Gasteiger partial charge in [0, 0.05) is 11.3 Å². The van der Waals surface area contributed by atoms with Gasteiger partial charge in [-0.05, 0) is 19.9 Å². The zero-order valence-corrected chi connectivity index (χ0v) is 8.86. The van der Waals surface area contributed by atoms with Gasteiger partial charge in [0.15, 0.2) is 0 Å². The van der Waals surface area contributed by atoms with E-state index in [1.54, 1.807) is 38.1 Å². The molecule has 1 rings (SSSR count). The highest BCUT2D eigenvalue weighted by atomic mass is 16.6. The first-order valence-corrected chi connectivity index (χ1v) is 4.80. The summed E-state index contributed by atoms with van der Waals surface area (Å²) in [6.45, 7) is 3.44. The fourth-order valence-electron chi connectivity index (χ4n) is 1.13. The van der Waals surface area contributed by atoms with Crippen LogP contribution in [-0.2, 0) is 11.3 Å². The summed E-state index contributed by atoms with van der Waals surface area (Å²) in [4.78, 5) is 11.3. The second-order valence-electron chi connectivity index (χ2n) is 3.39. The van der Waals surface area contributed by atoms with Gasteiger partial charge in [-0.2, -0.15) is 0 Å². The minimum atomic E-state index is -0.508. The number of nitrogens with one attached hydrogen (secondary N) is 1. The van der Waals surface area contributed by atoms with Crippen molar-refractivity contribution < 1.29 is 14.6 Å². The predicted octanol–water partition coefficient (Wildman–Crippen LogP) is 2.14. The Balaban J connectivity index is 2.67. The maximum absolute atomic E-state index is 11.3. The zero-order chi connectivity index (χ0) is 11.3. The molecule has 82 valence electrons. The molecule has 0 spiro atoms. The molecule has 2 N–H and O–H groups in total. The number of carbonyl (C=O) groups is 1. The molecule has 4 heteroatoms. The molecule has 1 aromatic rings. The van der Waals surface area contributed by atoms with Crippen molar-refractivity contribution >= 4 is 11.8 Å². The van der Waals surface area contributed by atoms with Gasteiger partial charge in [-0.25, -0.2) is 4.79 Å².